The van der Waals surface area contributed by atoms with Crippen molar-refractivity contribution in [3.8, 4) is 0 Å². The number of benzene rings is 1. The van der Waals surface area contributed by atoms with E-state index in [0.29, 0.717) is 6.29 Å². The molecule has 0 bridgehead atoms. The highest BCUT2D eigenvalue weighted by molar-refractivity contribution is 5.86. The number of aromatic nitrogens is 1. The highest BCUT2D eigenvalue weighted by atomic mass is 16.1. The number of fused-ring (bicyclic) bond motifs is 1. The van der Waals surface area contributed by atoms with Gasteiger partial charge in [0.2, 0.25) is 0 Å². The molecule has 0 saturated heterocycles. The van der Waals surface area contributed by atoms with Gasteiger partial charge in [-0.15, -0.1) is 0 Å². The zero-order valence-electron chi connectivity index (χ0n) is 10.2. The fourth-order valence-corrected chi connectivity index (χ4v) is 1.78. The summed E-state index contributed by atoms with van der Waals surface area (Å²) in [7, 11) is 0. The Bertz CT molecular complexity index is 633. The van der Waals surface area contributed by atoms with E-state index >= 15 is 0 Å². The second-order valence-electron chi connectivity index (χ2n) is 5.22. The van der Waals surface area contributed by atoms with Crippen molar-refractivity contribution in [3.05, 3.63) is 45.7 Å². The number of carbonyl (C=O) groups is 1. The molecule has 17 heavy (non-hydrogen) atoms. The van der Waals surface area contributed by atoms with Gasteiger partial charge in [-0.3, -0.25) is 9.59 Å². The van der Waals surface area contributed by atoms with Gasteiger partial charge in [-0.1, -0.05) is 26.8 Å². The van der Waals surface area contributed by atoms with Crippen LogP contribution in [0.15, 0.2) is 29.1 Å². The topological polar surface area (TPSA) is 49.9 Å². The molecule has 1 N–H and O–H groups in total. The maximum atomic E-state index is 11.5. The predicted octanol–water partition coefficient (Wildman–Crippen LogP) is 2.64. The van der Waals surface area contributed by atoms with Crippen LogP contribution in [0.25, 0.3) is 10.9 Å². The van der Waals surface area contributed by atoms with E-state index in [4.69, 9.17) is 0 Å². The molecule has 1 heterocycles. The number of hydrogen-bond donors (Lipinski definition) is 1. The van der Waals surface area contributed by atoms with Crippen molar-refractivity contribution in [2.45, 2.75) is 26.2 Å². The summed E-state index contributed by atoms with van der Waals surface area (Å²) in [5, 5.41) is 0.888. The summed E-state index contributed by atoms with van der Waals surface area (Å²) < 4.78 is 0. The molecule has 3 heteroatoms. The number of pyridine rings is 1. The third kappa shape index (κ3) is 2.13. The van der Waals surface area contributed by atoms with Crippen LogP contribution in [0, 0.1) is 0 Å². The lowest BCUT2D eigenvalue weighted by molar-refractivity contribution is 0.112. The lowest BCUT2D eigenvalue weighted by Crippen LogP contribution is -2.13. The highest BCUT2D eigenvalue weighted by Gasteiger charge is 2.14. The normalized spacial score (nSPS) is 11.7. The minimum absolute atomic E-state index is 0.0473. The summed E-state index contributed by atoms with van der Waals surface area (Å²) in [5.41, 5.74) is 1.81. The van der Waals surface area contributed by atoms with Gasteiger partial charge in [0.1, 0.15) is 0 Å². The maximum absolute atomic E-state index is 11.5. The molecule has 0 saturated carbocycles. The first-order chi connectivity index (χ1) is 7.91. The maximum Gasteiger partial charge on any atom is 0.259 e. The Kier molecular flexibility index (Phi) is 2.62. The van der Waals surface area contributed by atoms with E-state index in [1.165, 1.54) is 5.56 Å². The molecule has 1 aromatic carbocycles. The van der Waals surface area contributed by atoms with Gasteiger partial charge in [0.15, 0.2) is 6.29 Å². The third-order valence-corrected chi connectivity index (χ3v) is 2.87. The smallest absolute Gasteiger partial charge is 0.259 e. The Morgan fingerprint density at radius 1 is 1.18 bits per heavy atom. The first-order valence-corrected chi connectivity index (χ1v) is 5.54. The number of aromatic amines is 1. The number of aldehydes is 1. The Balaban J connectivity index is 2.73. The molecule has 3 nitrogen and oxygen atoms in total. The summed E-state index contributed by atoms with van der Waals surface area (Å²) in [6.45, 7) is 6.38. The van der Waals surface area contributed by atoms with E-state index in [1.807, 2.05) is 18.2 Å². The van der Waals surface area contributed by atoms with Crippen LogP contribution >= 0.6 is 0 Å². The fraction of sp³-hybridized carbons (Fsp3) is 0.286. The van der Waals surface area contributed by atoms with Crippen LogP contribution in [-0.4, -0.2) is 11.3 Å². The molecule has 0 aliphatic heterocycles. The van der Waals surface area contributed by atoms with Crippen molar-refractivity contribution in [2.24, 2.45) is 0 Å². The second-order valence-corrected chi connectivity index (χ2v) is 5.22. The summed E-state index contributed by atoms with van der Waals surface area (Å²) in [5.74, 6) is 0. The lowest BCUT2D eigenvalue weighted by Gasteiger charge is -2.19. The van der Waals surface area contributed by atoms with E-state index in [2.05, 4.69) is 25.8 Å². The Hall–Kier alpha value is -1.90. The van der Waals surface area contributed by atoms with Crippen LogP contribution in [-0.2, 0) is 5.41 Å². The minimum atomic E-state index is -0.337. The van der Waals surface area contributed by atoms with E-state index in [-0.39, 0.29) is 16.5 Å². The van der Waals surface area contributed by atoms with Gasteiger partial charge in [0.25, 0.3) is 5.56 Å². The quantitative estimate of drug-likeness (QED) is 0.764. The molecule has 0 spiro atoms. The molecule has 0 unspecified atom stereocenters. The van der Waals surface area contributed by atoms with Crippen LogP contribution in [0.2, 0.25) is 0 Å². The van der Waals surface area contributed by atoms with E-state index < -0.39 is 0 Å². The summed E-state index contributed by atoms with van der Waals surface area (Å²) >= 11 is 0. The second kappa shape index (κ2) is 3.84. The molecule has 0 aliphatic rings. The Morgan fingerprint density at radius 2 is 1.88 bits per heavy atom. The monoisotopic (exact) mass is 229 g/mol. The molecule has 88 valence electrons. The van der Waals surface area contributed by atoms with Crippen molar-refractivity contribution in [2.75, 3.05) is 0 Å². The molecule has 0 atom stereocenters. The van der Waals surface area contributed by atoms with Gasteiger partial charge in [-0.25, -0.2) is 0 Å². The Morgan fingerprint density at radius 3 is 2.47 bits per heavy atom. The van der Waals surface area contributed by atoms with Crippen molar-refractivity contribution in [1.29, 1.82) is 0 Å². The molecule has 0 amide bonds. The lowest BCUT2D eigenvalue weighted by atomic mass is 9.86. The number of H-pyrrole nitrogens is 1. The number of rotatable bonds is 1. The van der Waals surface area contributed by atoms with Crippen LogP contribution in [0.3, 0.4) is 0 Å². The van der Waals surface area contributed by atoms with E-state index in [9.17, 15) is 9.59 Å². The molecular formula is C14H15NO2. The average molecular weight is 229 g/mol. The first-order valence-electron chi connectivity index (χ1n) is 5.54. The zero-order chi connectivity index (χ0) is 12.6. The largest absolute Gasteiger partial charge is 0.321 e. The van der Waals surface area contributed by atoms with Gasteiger partial charge in [-0.2, -0.15) is 0 Å². The van der Waals surface area contributed by atoms with Crippen LogP contribution in [0.1, 0.15) is 36.7 Å². The SMILES string of the molecule is CC(C)(C)c1ccc2[nH]c(=O)c(C=O)cc2c1. The zero-order valence-corrected chi connectivity index (χ0v) is 10.2. The number of hydrogen-bond acceptors (Lipinski definition) is 2. The molecule has 0 aliphatic carbocycles. The number of nitrogens with one attached hydrogen (secondary N) is 1. The molecule has 0 fully saturated rings. The molecule has 0 radical (unpaired) electrons. The molecule has 2 rings (SSSR count). The van der Waals surface area contributed by atoms with Gasteiger partial charge in [0.05, 0.1) is 5.56 Å². The minimum Gasteiger partial charge on any atom is -0.321 e. The van der Waals surface area contributed by atoms with Gasteiger partial charge < -0.3 is 4.98 Å². The molecular weight excluding hydrogens is 214 g/mol. The predicted molar refractivity (Wildman–Crippen MR) is 68.7 cm³/mol. The summed E-state index contributed by atoms with van der Waals surface area (Å²) in [6.07, 6.45) is 0.585. The van der Waals surface area contributed by atoms with Crippen molar-refractivity contribution in [1.82, 2.24) is 4.98 Å². The van der Waals surface area contributed by atoms with Gasteiger partial charge in [-0.05, 0) is 34.6 Å². The fourth-order valence-electron chi connectivity index (χ4n) is 1.78. The van der Waals surface area contributed by atoms with E-state index in [1.54, 1.807) is 6.07 Å². The van der Waals surface area contributed by atoms with Crippen molar-refractivity contribution >= 4 is 17.2 Å². The van der Waals surface area contributed by atoms with E-state index in [0.717, 1.165) is 10.9 Å². The number of carbonyl (C=O) groups excluding carboxylic acids is 1. The average Bonchev–Trinajstić information content (AvgIpc) is 2.26. The Labute approximate surface area is 99.5 Å². The molecule has 1 aromatic heterocycles. The standard InChI is InChI=1S/C14H15NO2/c1-14(2,3)11-4-5-12-9(7-11)6-10(8-16)13(17)15-12/h4-8H,1-3H3,(H,15,17). The van der Waals surface area contributed by atoms with Crippen LogP contribution < -0.4 is 5.56 Å². The first kappa shape index (κ1) is 11.6. The van der Waals surface area contributed by atoms with Gasteiger partial charge in [0, 0.05) is 5.52 Å². The van der Waals surface area contributed by atoms with Crippen molar-refractivity contribution < 1.29 is 4.79 Å². The third-order valence-electron chi connectivity index (χ3n) is 2.87. The van der Waals surface area contributed by atoms with Crippen LogP contribution in [0.5, 0.6) is 0 Å². The van der Waals surface area contributed by atoms with Gasteiger partial charge >= 0.3 is 0 Å². The van der Waals surface area contributed by atoms with Crippen molar-refractivity contribution in [3.63, 3.8) is 0 Å². The summed E-state index contributed by atoms with van der Waals surface area (Å²) in [6, 6.07) is 7.53. The molecule has 2 aromatic rings. The highest BCUT2D eigenvalue weighted by Crippen LogP contribution is 2.25. The van der Waals surface area contributed by atoms with Crippen LogP contribution in [0.4, 0.5) is 0 Å². The summed E-state index contributed by atoms with van der Waals surface area (Å²) in [4.78, 5) is 24.9.